The molecule has 7 heteroatoms. The van der Waals surface area contributed by atoms with Gasteiger partial charge in [-0.25, -0.2) is 4.98 Å². The molecular weight excluding hydrogens is 358 g/mol. The first kappa shape index (κ1) is 19.2. The molecule has 1 heterocycles. The molecule has 0 radical (unpaired) electrons. The van der Waals surface area contributed by atoms with Crippen molar-refractivity contribution in [1.82, 2.24) is 15.3 Å². The van der Waals surface area contributed by atoms with Crippen LogP contribution in [-0.2, 0) is 0 Å². The Kier molecular flexibility index (Phi) is 5.74. The second-order valence-electron chi connectivity index (χ2n) is 6.15. The Hall–Kier alpha value is -3.61. The fourth-order valence-electron chi connectivity index (χ4n) is 2.78. The largest absolute Gasteiger partial charge is 0.493 e. The molecule has 0 saturated heterocycles. The van der Waals surface area contributed by atoms with E-state index in [-0.39, 0.29) is 11.6 Å². The number of carbonyl (C=O) groups is 1. The second-order valence-corrected chi connectivity index (χ2v) is 6.15. The van der Waals surface area contributed by atoms with Gasteiger partial charge in [0, 0.05) is 11.8 Å². The van der Waals surface area contributed by atoms with Crippen molar-refractivity contribution < 1.29 is 14.3 Å². The lowest BCUT2D eigenvalue weighted by Gasteiger charge is -2.16. The van der Waals surface area contributed by atoms with E-state index in [1.807, 2.05) is 43.3 Å². The lowest BCUT2D eigenvalue weighted by atomic mass is 10.1. The molecule has 2 aromatic carbocycles. The van der Waals surface area contributed by atoms with E-state index in [9.17, 15) is 9.59 Å². The van der Waals surface area contributed by atoms with Gasteiger partial charge < -0.3 is 19.8 Å². The summed E-state index contributed by atoms with van der Waals surface area (Å²) in [5.41, 5.74) is 1.04. The zero-order valence-electron chi connectivity index (χ0n) is 15.9. The third kappa shape index (κ3) is 4.03. The van der Waals surface area contributed by atoms with Gasteiger partial charge in [-0.2, -0.15) is 0 Å². The number of H-pyrrole nitrogens is 1. The van der Waals surface area contributed by atoms with Crippen LogP contribution in [0.2, 0.25) is 0 Å². The van der Waals surface area contributed by atoms with Crippen LogP contribution < -0.4 is 20.3 Å². The van der Waals surface area contributed by atoms with Crippen LogP contribution in [0.1, 0.15) is 28.9 Å². The lowest BCUT2D eigenvalue weighted by molar-refractivity contribution is 0.0938. The van der Waals surface area contributed by atoms with Crippen LogP contribution in [0.15, 0.2) is 59.5 Å². The molecule has 3 rings (SSSR count). The van der Waals surface area contributed by atoms with Gasteiger partial charge in [-0.05, 0) is 24.6 Å². The van der Waals surface area contributed by atoms with Gasteiger partial charge in [0.15, 0.2) is 11.5 Å². The zero-order valence-corrected chi connectivity index (χ0v) is 15.9. The average Bonchev–Trinajstić information content (AvgIpc) is 2.73. The van der Waals surface area contributed by atoms with Crippen molar-refractivity contribution in [3.05, 3.63) is 76.2 Å². The van der Waals surface area contributed by atoms with Crippen LogP contribution in [0.25, 0.3) is 11.4 Å². The summed E-state index contributed by atoms with van der Waals surface area (Å²) >= 11 is 0. The molecule has 7 nitrogen and oxygen atoms in total. The van der Waals surface area contributed by atoms with E-state index in [2.05, 4.69) is 15.3 Å². The van der Waals surface area contributed by atoms with E-state index >= 15 is 0 Å². The molecule has 1 aromatic heterocycles. The number of carbonyl (C=O) groups excluding carboxylic acids is 1. The summed E-state index contributed by atoms with van der Waals surface area (Å²) in [5.74, 6) is 1.07. The number of aromatic nitrogens is 2. The minimum absolute atomic E-state index is 0.0491. The van der Waals surface area contributed by atoms with E-state index in [1.165, 1.54) is 6.20 Å². The standard InChI is InChI=1S/C21H21N3O4/c1-13(15-9-10-17(27-2)18(11-15)28-3)23-20(25)16-12-22-19(24-21(16)26)14-7-5-4-6-8-14/h4-13H,1-3H3,(H,23,25)(H,22,24,26)/t13-/m0/s1. The summed E-state index contributed by atoms with van der Waals surface area (Å²) in [6.07, 6.45) is 1.29. The SMILES string of the molecule is COc1ccc([C@H](C)NC(=O)c2cnc(-c3ccccc3)[nH]c2=O)cc1OC. The minimum atomic E-state index is -0.504. The summed E-state index contributed by atoms with van der Waals surface area (Å²) in [6.45, 7) is 1.82. The Bertz CT molecular complexity index is 1030. The van der Waals surface area contributed by atoms with Crippen molar-refractivity contribution in [3.63, 3.8) is 0 Å². The second kappa shape index (κ2) is 8.39. The highest BCUT2D eigenvalue weighted by Gasteiger charge is 2.17. The third-order valence-corrected chi connectivity index (χ3v) is 4.35. The van der Waals surface area contributed by atoms with Crippen molar-refractivity contribution >= 4 is 5.91 Å². The first-order valence-corrected chi connectivity index (χ1v) is 8.71. The molecule has 28 heavy (non-hydrogen) atoms. The number of hydrogen-bond donors (Lipinski definition) is 2. The van der Waals surface area contributed by atoms with Gasteiger partial charge in [-0.3, -0.25) is 9.59 Å². The lowest BCUT2D eigenvalue weighted by Crippen LogP contribution is -2.32. The normalized spacial score (nSPS) is 11.5. The number of benzene rings is 2. The van der Waals surface area contributed by atoms with Gasteiger partial charge in [0.25, 0.3) is 11.5 Å². The molecule has 0 fully saturated rings. The van der Waals surface area contributed by atoms with Crippen LogP contribution in [-0.4, -0.2) is 30.1 Å². The Morgan fingerprint density at radius 3 is 2.43 bits per heavy atom. The topological polar surface area (TPSA) is 93.3 Å². The monoisotopic (exact) mass is 379 g/mol. The molecule has 2 N–H and O–H groups in total. The minimum Gasteiger partial charge on any atom is -0.493 e. The predicted molar refractivity (Wildman–Crippen MR) is 106 cm³/mol. The number of rotatable bonds is 6. The third-order valence-electron chi connectivity index (χ3n) is 4.35. The Morgan fingerprint density at radius 2 is 1.79 bits per heavy atom. The summed E-state index contributed by atoms with van der Waals surface area (Å²) < 4.78 is 10.5. The number of amides is 1. The molecule has 3 aromatic rings. The average molecular weight is 379 g/mol. The summed E-state index contributed by atoms with van der Waals surface area (Å²) in [5, 5.41) is 2.81. The fraction of sp³-hybridized carbons (Fsp3) is 0.190. The molecule has 1 atom stereocenters. The van der Waals surface area contributed by atoms with E-state index in [1.54, 1.807) is 26.4 Å². The number of nitrogens with one attached hydrogen (secondary N) is 2. The smallest absolute Gasteiger partial charge is 0.264 e. The highest BCUT2D eigenvalue weighted by atomic mass is 16.5. The number of nitrogens with zero attached hydrogens (tertiary/aromatic N) is 1. The Morgan fingerprint density at radius 1 is 1.07 bits per heavy atom. The maximum atomic E-state index is 12.5. The summed E-state index contributed by atoms with van der Waals surface area (Å²) in [4.78, 5) is 31.8. The summed E-state index contributed by atoms with van der Waals surface area (Å²) in [6, 6.07) is 14.3. The van der Waals surface area contributed by atoms with Crippen LogP contribution in [0.5, 0.6) is 11.5 Å². The van der Waals surface area contributed by atoms with Crippen molar-refractivity contribution in [2.24, 2.45) is 0 Å². The highest BCUT2D eigenvalue weighted by molar-refractivity contribution is 5.93. The maximum absolute atomic E-state index is 12.5. The molecule has 0 bridgehead atoms. The molecule has 1 amide bonds. The molecular formula is C21H21N3O4. The van der Waals surface area contributed by atoms with Gasteiger partial charge in [0.1, 0.15) is 11.4 Å². The van der Waals surface area contributed by atoms with E-state index in [0.29, 0.717) is 17.3 Å². The van der Waals surface area contributed by atoms with Crippen LogP contribution in [0.3, 0.4) is 0 Å². The Labute approximate surface area is 162 Å². The quantitative estimate of drug-likeness (QED) is 0.687. The predicted octanol–water partition coefficient (Wildman–Crippen LogP) is 2.95. The van der Waals surface area contributed by atoms with Crippen molar-refractivity contribution in [2.45, 2.75) is 13.0 Å². The summed E-state index contributed by atoms with van der Waals surface area (Å²) in [7, 11) is 3.10. The number of hydrogen-bond acceptors (Lipinski definition) is 5. The van der Waals surface area contributed by atoms with Crippen LogP contribution >= 0.6 is 0 Å². The number of ether oxygens (including phenoxy) is 2. The van der Waals surface area contributed by atoms with Crippen molar-refractivity contribution in [1.29, 1.82) is 0 Å². The molecule has 0 saturated carbocycles. The van der Waals surface area contributed by atoms with Crippen molar-refractivity contribution in [2.75, 3.05) is 14.2 Å². The first-order valence-electron chi connectivity index (χ1n) is 8.71. The van der Waals surface area contributed by atoms with Gasteiger partial charge >= 0.3 is 0 Å². The number of methoxy groups -OCH3 is 2. The van der Waals surface area contributed by atoms with Gasteiger partial charge in [-0.15, -0.1) is 0 Å². The molecule has 144 valence electrons. The molecule has 0 unspecified atom stereocenters. The van der Waals surface area contributed by atoms with E-state index in [0.717, 1.165) is 11.1 Å². The molecule has 0 aliphatic rings. The van der Waals surface area contributed by atoms with Crippen molar-refractivity contribution in [3.8, 4) is 22.9 Å². The molecule has 0 aliphatic carbocycles. The zero-order chi connectivity index (χ0) is 20.1. The van der Waals surface area contributed by atoms with E-state index in [4.69, 9.17) is 9.47 Å². The van der Waals surface area contributed by atoms with Gasteiger partial charge in [-0.1, -0.05) is 36.4 Å². The molecule has 0 spiro atoms. The first-order chi connectivity index (χ1) is 13.5. The number of aromatic amines is 1. The fourth-order valence-corrected chi connectivity index (χ4v) is 2.78. The molecule has 0 aliphatic heterocycles. The van der Waals surface area contributed by atoms with Crippen LogP contribution in [0.4, 0.5) is 0 Å². The van der Waals surface area contributed by atoms with Gasteiger partial charge in [0.2, 0.25) is 0 Å². The van der Waals surface area contributed by atoms with Gasteiger partial charge in [0.05, 0.1) is 20.3 Å². The maximum Gasteiger partial charge on any atom is 0.264 e. The highest BCUT2D eigenvalue weighted by Crippen LogP contribution is 2.29. The van der Waals surface area contributed by atoms with E-state index < -0.39 is 11.5 Å². The van der Waals surface area contributed by atoms with Crippen LogP contribution in [0, 0.1) is 0 Å². The Balaban J connectivity index is 1.78.